The summed E-state index contributed by atoms with van der Waals surface area (Å²) in [7, 11) is 0. The lowest BCUT2D eigenvalue weighted by Gasteiger charge is -2.00. The number of fused-ring (bicyclic) bond motifs is 3. The van der Waals surface area contributed by atoms with Crippen LogP contribution in [0.5, 0.6) is 0 Å². The molecule has 2 nitrogen and oxygen atoms in total. The third kappa shape index (κ3) is 2.39. The minimum Gasteiger partial charge on any atom is -0.456 e. The lowest BCUT2D eigenvalue weighted by atomic mass is 10.0. The molecule has 0 bridgehead atoms. The molecule has 25 heavy (non-hydrogen) atoms. The highest BCUT2D eigenvalue weighted by molar-refractivity contribution is 6.06. The summed E-state index contributed by atoms with van der Waals surface area (Å²) >= 11 is 0. The molecular weight excluding hydrogens is 306 g/mol. The van der Waals surface area contributed by atoms with Gasteiger partial charge in [-0.1, -0.05) is 48.5 Å². The molecule has 3 aromatic carbocycles. The number of hydrogen-bond donors (Lipinski definition) is 0. The van der Waals surface area contributed by atoms with Crippen molar-refractivity contribution in [2.24, 2.45) is 0 Å². The molecule has 0 aliphatic carbocycles. The quantitative estimate of drug-likeness (QED) is 0.380. The highest BCUT2D eigenvalue weighted by Crippen LogP contribution is 2.34. The second-order valence-corrected chi connectivity index (χ2v) is 6.10. The van der Waals surface area contributed by atoms with E-state index in [1.54, 1.807) is 0 Å². The normalized spacial score (nSPS) is 11.2. The molecule has 0 unspecified atom stereocenters. The maximum Gasteiger partial charge on any atom is 0.136 e. The van der Waals surface area contributed by atoms with E-state index >= 15 is 0 Å². The number of furan rings is 1. The Morgan fingerprint density at radius 1 is 0.560 bits per heavy atom. The molecule has 0 N–H and O–H groups in total. The lowest BCUT2D eigenvalue weighted by Crippen LogP contribution is -1.80. The highest BCUT2D eigenvalue weighted by Gasteiger charge is 2.10. The number of rotatable bonds is 2. The van der Waals surface area contributed by atoms with Crippen molar-refractivity contribution in [1.82, 2.24) is 4.98 Å². The number of pyridine rings is 1. The average molecular weight is 321 g/mol. The van der Waals surface area contributed by atoms with Crippen molar-refractivity contribution in [3.8, 4) is 22.4 Å². The molecule has 5 aromatic rings. The van der Waals surface area contributed by atoms with Gasteiger partial charge in [-0.25, -0.2) is 0 Å². The van der Waals surface area contributed by atoms with Crippen LogP contribution in [-0.2, 0) is 0 Å². The van der Waals surface area contributed by atoms with Crippen molar-refractivity contribution in [2.75, 3.05) is 0 Å². The van der Waals surface area contributed by atoms with Crippen LogP contribution in [0.3, 0.4) is 0 Å². The van der Waals surface area contributed by atoms with Gasteiger partial charge in [0.25, 0.3) is 0 Å². The van der Waals surface area contributed by atoms with Gasteiger partial charge in [-0.15, -0.1) is 0 Å². The maximum atomic E-state index is 6.15. The van der Waals surface area contributed by atoms with Crippen molar-refractivity contribution >= 4 is 21.9 Å². The SMILES string of the molecule is c1ccc(-c2ccc3c(c2)oc2cc(-c4ccccn4)ccc23)cc1. The second kappa shape index (κ2) is 5.60. The van der Waals surface area contributed by atoms with E-state index in [-0.39, 0.29) is 0 Å². The van der Waals surface area contributed by atoms with Crippen molar-refractivity contribution < 1.29 is 4.42 Å². The standard InChI is InChI=1S/C23H15NO/c1-2-6-16(7-3-1)17-9-11-19-20-12-10-18(21-8-4-5-13-24-21)15-23(20)25-22(19)14-17/h1-15H. The Morgan fingerprint density at radius 3 is 1.96 bits per heavy atom. The molecule has 2 aromatic heterocycles. The summed E-state index contributed by atoms with van der Waals surface area (Å²) in [4.78, 5) is 4.42. The van der Waals surface area contributed by atoms with Gasteiger partial charge in [-0.3, -0.25) is 4.98 Å². The van der Waals surface area contributed by atoms with Crippen LogP contribution in [0.25, 0.3) is 44.3 Å². The molecule has 0 radical (unpaired) electrons. The molecular formula is C23H15NO. The van der Waals surface area contributed by atoms with E-state index in [2.05, 4.69) is 65.6 Å². The third-order valence-corrected chi connectivity index (χ3v) is 4.54. The van der Waals surface area contributed by atoms with Gasteiger partial charge in [0.1, 0.15) is 11.2 Å². The Morgan fingerprint density at radius 2 is 1.24 bits per heavy atom. The van der Waals surface area contributed by atoms with E-state index in [1.165, 1.54) is 5.56 Å². The molecule has 0 atom stereocenters. The van der Waals surface area contributed by atoms with Crippen LogP contribution in [0.1, 0.15) is 0 Å². The first-order chi connectivity index (χ1) is 12.4. The van der Waals surface area contributed by atoms with Crippen LogP contribution in [-0.4, -0.2) is 4.98 Å². The molecule has 0 amide bonds. The largest absolute Gasteiger partial charge is 0.456 e. The first-order valence-electron chi connectivity index (χ1n) is 8.32. The fourth-order valence-corrected chi connectivity index (χ4v) is 3.28. The van der Waals surface area contributed by atoms with Gasteiger partial charge in [-0.05, 0) is 47.5 Å². The summed E-state index contributed by atoms with van der Waals surface area (Å²) in [5.41, 5.74) is 6.18. The summed E-state index contributed by atoms with van der Waals surface area (Å²) in [5, 5.41) is 2.27. The molecule has 0 saturated heterocycles. The van der Waals surface area contributed by atoms with Crippen molar-refractivity contribution in [3.63, 3.8) is 0 Å². The fourth-order valence-electron chi connectivity index (χ4n) is 3.28. The van der Waals surface area contributed by atoms with Crippen LogP contribution < -0.4 is 0 Å². The Bertz CT molecular complexity index is 1080. The van der Waals surface area contributed by atoms with Crippen LogP contribution in [0.4, 0.5) is 0 Å². The Kier molecular flexibility index (Phi) is 3.14. The van der Waals surface area contributed by atoms with Gasteiger partial charge in [0.05, 0.1) is 5.69 Å². The van der Waals surface area contributed by atoms with E-state index in [1.807, 2.05) is 30.5 Å². The summed E-state index contributed by atoms with van der Waals surface area (Å²) in [6.45, 7) is 0. The average Bonchev–Trinajstić information content (AvgIpc) is 3.06. The third-order valence-electron chi connectivity index (χ3n) is 4.54. The Hall–Kier alpha value is -3.39. The first kappa shape index (κ1) is 14.0. The zero-order valence-electron chi connectivity index (χ0n) is 13.5. The van der Waals surface area contributed by atoms with E-state index in [0.717, 1.165) is 38.8 Å². The van der Waals surface area contributed by atoms with Gasteiger partial charge in [0.15, 0.2) is 0 Å². The van der Waals surface area contributed by atoms with Gasteiger partial charge in [-0.2, -0.15) is 0 Å². The summed E-state index contributed by atoms with van der Waals surface area (Å²) < 4.78 is 6.15. The summed E-state index contributed by atoms with van der Waals surface area (Å²) in [6.07, 6.45) is 1.81. The minimum atomic E-state index is 0.892. The van der Waals surface area contributed by atoms with E-state index in [4.69, 9.17) is 4.42 Å². The Balaban J connectivity index is 1.67. The molecule has 118 valence electrons. The van der Waals surface area contributed by atoms with Crippen LogP contribution in [0.2, 0.25) is 0 Å². The van der Waals surface area contributed by atoms with Gasteiger partial charge in [0.2, 0.25) is 0 Å². The first-order valence-corrected chi connectivity index (χ1v) is 8.32. The number of nitrogens with zero attached hydrogens (tertiary/aromatic N) is 1. The monoisotopic (exact) mass is 321 g/mol. The molecule has 0 spiro atoms. The minimum absolute atomic E-state index is 0.892. The zero-order chi connectivity index (χ0) is 16.6. The van der Waals surface area contributed by atoms with Gasteiger partial charge < -0.3 is 4.42 Å². The Labute approximate surface area is 145 Å². The van der Waals surface area contributed by atoms with E-state index in [9.17, 15) is 0 Å². The molecule has 0 aliphatic rings. The van der Waals surface area contributed by atoms with Crippen LogP contribution in [0.15, 0.2) is 95.5 Å². The number of hydrogen-bond acceptors (Lipinski definition) is 2. The summed E-state index contributed by atoms with van der Waals surface area (Å²) in [5.74, 6) is 0. The lowest BCUT2D eigenvalue weighted by molar-refractivity contribution is 0.669. The highest BCUT2D eigenvalue weighted by atomic mass is 16.3. The van der Waals surface area contributed by atoms with Crippen molar-refractivity contribution in [3.05, 3.63) is 91.1 Å². The zero-order valence-corrected chi connectivity index (χ0v) is 13.5. The molecule has 5 rings (SSSR count). The molecule has 0 aliphatic heterocycles. The summed E-state index contributed by atoms with van der Waals surface area (Å²) in [6, 6.07) is 29.0. The van der Waals surface area contributed by atoms with E-state index in [0.29, 0.717) is 0 Å². The van der Waals surface area contributed by atoms with Crippen molar-refractivity contribution in [2.45, 2.75) is 0 Å². The molecule has 2 heterocycles. The molecule has 0 saturated carbocycles. The molecule has 2 heteroatoms. The van der Waals surface area contributed by atoms with Gasteiger partial charge >= 0.3 is 0 Å². The van der Waals surface area contributed by atoms with E-state index < -0.39 is 0 Å². The topological polar surface area (TPSA) is 26.0 Å². The number of aromatic nitrogens is 1. The molecule has 0 fully saturated rings. The van der Waals surface area contributed by atoms with Gasteiger partial charge in [0, 0.05) is 22.5 Å². The predicted molar refractivity (Wildman–Crippen MR) is 102 cm³/mol. The smallest absolute Gasteiger partial charge is 0.136 e. The second-order valence-electron chi connectivity index (χ2n) is 6.10. The predicted octanol–water partition coefficient (Wildman–Crippen LogP) is 6.32. The van der Waals surface area contributed by atoms with Crippen LogP contribution in [0, 0.1) is 0 Å². The van der Waals surface area contributed by atoms with Crippen LogP contribution >= 0.6 is 0 Å². The maximum absolute atomic E-state index is 6.15. The fraction of sp³-hybridized carbons (Fsp3) is 0. The van der Waals surface area contributed by atoms with Crippen molar-refractivity contribution in [1.29, 1.82) is 0 Å². The number of benzene rings is 3.